The molecule has 2 N–H and O–H groups in total. The first-order valence-corrected chi connectivity index (χ1v) is 6.88. The van der Waals surface area contributed by atoms with Gasteiger partial charge in [0.2, 0.25) is 0 Å². The first-order chi connectivity index (χ1) is 10.6. The minimum atomic E-state index is -0.384. The molecule has 6 nitrogen and oxygen atoms in total. The topological polar surface area (TPSA) is 83.8 Å². The average molecular weight is 320 g/mol. The highest BCUT2D eigenvalue weighted by Crippen LogP contribution is 2.32. The van der Waals surface area contributed by atoms with Crippen molar-refractivity contribution in [1.82, 2.24) is 10.4 Å². The van der Waals surface area contributed by atoms with Crippen LogP contribution in [0.2, 0.25) is 5.02 Å². The Morgan fingerprint density at radius 1 is 1.45 bits per heavy atom. The monoisotopic (exact) mass is 319 g/mol. The standard InChI is InChI=1S/C15H14ClN3O3/c1-2-22-13-8-12(16)7-11(14(13)20)9-18-19-15(21)10-3-5-17-6-4-10/h3-9,20H,2H2,1H3,(H,19,21). The number of pyridine rings is 1. The number of benzene rings is 1. The molecule has 0 fully saturated rings. The van der Waals surface area contributed by atoms with Gasteiger partial charge in [-0.2, -0.15) is 5.10 Å². The van der Waals surface area contributed by atoms with Crippen molar-refractivity contribution in [3.8, 4) is 11.5 Å². The van der Waals surface area contributed by atoms with Crippen LogP contribution < -0.4 is 10.2 Å². The number of nitrogens with zero attached hydrogens (tertiary/aromatic N) is 2. The molecule has 1 aromatic carbocycles. The highest BCUT2D eigenvalue weighted by molar-refractivity contribution is 6.31. The third-order valence-corrected chi connectivity index (χ3v) is 2.90. The maximum atomic E-state index is 11.8. The lowest BCUT2D eigenvalue weighted by molar-refractivity contribution is 0.0955. The molecule has 0 radical (unpaired) electrons. The largest absolute Gasteiger partial charge is 0.504 e. The van der Waals surface area contributed by atoms with Crippen LogP contribution in [0.5, 0.6) is 11.5 Å². The maximum Gasteiger partial charge on any atom is 0.271 e. The number of phenolic OH excluding ortho intramolecular Hbond substituents is 1. The fourth-order valence-corrected chi connectivity index (χ4v) is 1.90. The van der Waals surface area contributed by atoms with Crippen molar-refractivity contribution in [2.45, 2.75) is 6.92 Å². The van der Waals surface area contributed by atoms with Crippen LogP contribution >= 0.6 is 11.6 Å². The van der Waals surface area contributed by atoms with Gasteiger partial charge in [-0.25, -0.2) is 5.43 Å². The Labute approximate surface area is 132 Å². The van der Waals surface area contributed by atoms with Gasteiger partial charge in [0.15, 0.2) is 11.5 Å². The van der Waals surface area contributed by atoms with Gasteiger partial charge in [0.05, 0.1) is 12.8 Å². The molecule has 0 unspecified atom stereocenters. The Kier molecular flexibility index (Phi) is 5.32. The van der Waals surface area contributed by atoms with E-state index in [1.807, 2.05) is 0 Å². The summed E-state index contributed by atoms with van der Waals surface area (Å²) in [6, 6.07) is 6.15. The van der Waals surface area contributed by atoms with Crippen molar-refractivity contribution in [3.63, 3.8) is 0 Å². The summed E-state index contributed by atoms with van der Waals surface area (Å²) in [6.45, 7) is 2.19. The van der Waals surface area contributed by atoms with E-state index in [4.69, 9.17) is 16.3 Å². The smallest absolute Gasteiger partial charge is 0.271 e. The van der Waals surface area contributed by atoms with E-state index in [0.717, 1.165) is 0 Å². The van der Waals surface area contributed by atoms with Crippen LogP contribution in [0.25, 0.3) is 0 Å². The fourth-order valence-electron chi connectivity index (χ4n) is 1.69. The summed E-state index contributed by atoms with van der Waals surface area (Å²) >= 11 is 5.95. The minimum absolute atomic E-state index is 0.0897. The molecule has 0 aliphatic carbocycles. The van der Waals surface area contributed by atoms with Gasteiger partial charge in [-0.1, -0.05) is 11.6 Å². The number of aromatic nitrogens is 1. The number of hydrogen-bond acceptors (Lipinski definition) is 5. The minimum Gasteiger partial charge on any atom is -0.504 e. The summed E-state index contributed by atoms with van der Waals surface area (Å²) in [6.07, 6.45) is 4.31. The number of nitrogens with one attached hydrogen (secondary N) is 1. The molecule has 114 valence electrons. The van der Waals surface area contributed by atoms with Gasteiger partial charge in [-0.15, -0.1) is 0 Å². The lowest BCUT2D eigenvalue weighted by atomic mass is 10.2. The molecule has 2 rings (SSSR count). The number of carbonyl (C=O) groups is 1. The van der Waals surface area contributed by atoms with E-state index in [-0.39, 0.29) is 17.4 Å². The second-order valence-electron chi connectivity index (χ2n) is 4.21. The van der Waals surface area contributed by atoms with Crippen LogP contribution in [0.4, 0.5) is 0 Å². The molecule has 1 amide bonds. The summed E-state index contributed by atoms with van der Waals surface area (Å²) in [5.74, 6) is -0.213. The molecule has 0 saturated heterocycles. The molecule has 7 heteroatoms. The van der Waals surface area contributed by atoms with Crippen molar-refractivity contribution in [3.05, 3.63) is 52.8 Å². The highest BCUT2D eigenvalue weighted by Gasteiger charge is 2.09. The van der Waals surface area contributed by atoms with Crippen molar-refractivity contribution in [1.29, 1.82) is 0 Å². The van der Waals surface area contributed by atoms with E-state index in [1.54, 1.807) is 19.1 Å². The van der Waals surface area contributed by atoms with E-state index in [2.05, 4.69) is 15.5 Å². The van der Waals surface area contributed by atoms with Crippen LogP contribution in [0, 0.1) is 0 Å². The van der Waals surface area contributed by atoms with E-state index >= 15 is 0 Å². The Balaban J connectivity index is 2.12. The second-order valence-corrected chi connectivity index (χ2v) is 4.65. The van der Waals surface area contributed by atoms with Gasteiger partial charge in [0.25, 0.3) is 5.91 Å². The van der Waals surface area contributed by atoms with E-state index in [1.165, 1.54) is 30.7 Å². The van der Waals surface area contributed by atoms with Crippen molar-refractivity contribution >= 4 is 23.7 Å². The average Bonchev–Trinajstić information content (AvgIpc) is 2.52. The third kappa shape index (κ3) is 3.95. The molecule has 0 aliphatic heterocycles. The Morgan fingerprint density at radius 3 is 2.86 bits per heavy atom. The Morgan fingerprint density at radius 2 is 2.18 bits per heavy atom. The third-order valence-electron chi connectivity index (χ3n) is 2.68. The van der Waals surface area contributed by atoms with E-state index in [9.17, 15) is 9.90 Å². The molecular formula is C15H14ClN3O3. The lowest BCUT2D eigenvalue weighted by Crippen LogP contribution is -2.17. The zero-order chi connectivity index (χ0) is 15.9. The van der Waals surface area contributed by atoms with Crippen LogP contribution in [0.15, 0.2) is 41.8 Å². The van der Waals surface area contributed by atoms with Gasteiger partial charge in [0, 0.05) is 34.6 Å². The molecule has 0 spiro atoms. The molecule has 1 heterocycles. The van der Waals surface area contributed by atoms with E-state index < -0.39 is 0 Å². The summed E-state index contributed by atoms with van der Waals surface area (Å²) in [5, 5.41) is 14.2. The predicted molar refractivity (Wildman–Crippen MR) is 83.6 cm³/mol. The number of aromatic hydroxyl groups is 1. The second kappa shape index (κ2) is 7.42. The quantitative estimate of drug-likeness (QED) is 0.655. The lowest BCUT2D eigenvalue weighted by Gasteiger charge is -2.08. The maximum absolute atomic E-state index is 11.8. The molecule has 1 aromatic heterocycles. The zero-order valence-electron chi connectivity index (χ0n) is 11.8. The number of hydrogen-bond donors (Lipinski definition) is 2. The molecular weight excluding hydrogens is 306 g/mol. The number of hydrazone groups is 1. The molecule has 0 atom stereocenters. The summed E-state index contributed by atoms with van der Waals surface area (Å²) < 4.78 is 5.26. The molecule has 2 aromatic rings. The number of phenols is 1. The number of ether oxygens (including phenoxy) is 1. The van der Waals surface area contributed by atoms with Crippen LogP contribution in [-0.2, 0) is 0 Å². The number of halogens is 1. The van der Waals surface area contributed by atoms with Crippen LogP contribution in [0.3, 0.4) is 0 Å². The summed E-state index contributed by atoms with van der Waals surface area (Å²) in [4.78, 5) is 15.6. The zero-order valence-corrected chi connectivity index (χ0v) is 12.5. The normalized spacial score (nSPS) is 10.6. The molecule has 22 heavy (non-hydrogen) atoms. The van der Waals surface area contributed by atoms with Crippen LogP contribution in [-0.4, -0.2) is 28.8 Å². The summed E-state index contributed by atoms with van der Waals surface area (Å²) in [5.41, 5.74) is 3.12. The van der Waals surface area contributed by atoms with E-state index in [0.29, 0.717) is 22.8 Å². The predicted octanol–water partition coefficient (Wildman–Crippen LogP) is 2.60. The van der Waals surface area contributed by atoms with Crippen LogP contribution in [0.1, 0.15) is 22.8 Å². The number of rotatable bonds is 5. The van der Waals surface area contributed by atoms with Crippen molar-refractivity contribution in [2.24, 2.45) is 5.10 Å². The Hall–Kier alpha value is -2.60. The molecule has 0 saturated carbocycles. The van der Waals surface area contributed by atoms with Gasteiger partial charge in [0.1, 0.15) is 0 Å². The summed E-state index contributed by atoms with van der Waals surface area (Å²) in [7, 11) is 0. The highest BCUT2D eigenvalue weighted by atomic mass is 35.5. The van der Waals surface area contributed by atoms with Gasteiger partial charge in [-0.05, 0) is 25.1 Å². The fraction of sp³-hybridized carbons (Fsp3) is 0.133. The first-order valence-electron chi connectivity index (χ1n) is 6.50. The number of carbonyl (C=O) groups excluding carboxylic acids is 1. The SMILES string of the molecule is CCOc1cc(Cl)cc(C=NNC(=O)c2ccncc2)c1O. The van der Waals surface area contributed by atoms with Gasteiger partial charge in [-0.3, -0.25) is 9.78 Å². The molecule has 0 aliphatic rings. The molecule has 0 bridgehead atoms. The number of amides is 1. The van der Waals surface area contributed by atoms with Crippen molar-refractivity contribution in [2.75, 3.05) is 6.61 Å². The van der Waals surface area contributed by atoms with Gasteiger partial charge < -0.3 is 9.84 Å². The first kappa shape index (κ1) is 15.8. The Bertz CT molecular complexity index is 690. The van der Waals surface area contributed by atoms with Crippen molar-refractivity contribution < 1.29 is 14.6 Å². The van der Waals surface area contributed by atoms with Gasteiger partial charge >= 0.3 is 0 Å².